The summed E-state index contributed by atoms with van der Waals surface area (Å²) < 4.78 is 0. The first-order valence-corrected chi connectivity index (χ1v) is 6.42. The van der Waals surface area contributed by atoms with Crippen LogP contribution in [-0.2, 0) is 0 Å². The van der Waals surface area contributed by atoms with E-state index in [0.717, 1.165) is 17.9 Å². The number of aliphatic hydroxyl groups is 2. The van der Waals surface area contributed by atoms with Crippen molar-refractivity contribution in [2.24, 2.45) is 0 Å². The molecule has 0 saturated carbocycles. The van der Waals surface area contributed by atoms with Crippen LogP contribution >= 0.6 is 0 Å². The van der Waals surface area contributed by atoms with Crippen LogP contribution in [0.25, 0.3) is 0 Å². The molecule has 3 atom stereocenters. The van der Waals surface area contributed by atoms with Crippen molar-refractivity contribution in [3.63, 3.8) is 0 Å². The standard InChI is InChI=1S/C13H21N3O2/c1-3-14-9(2)10-5-4-6-15-13(10)16-7-11(17)12(18)8-16/h4-6,9,11-12,14,17-18H,3,7-8H2,1-2H3. The number of hydrogen-bond acceptors (Lipinski definition) is 5. The van der Waals surface area contributed by atoms with Gasteiger partial charge in [0.1, 0.15) is 5.82 Å². The SMILES string of the molecule is CCNC(C)c1cccnc1N1CC(O)C(O)C1. The minimum absolute atomic E-state index is 0.202. The Morgan fingerprint density at radius 2 is 2.11 bits per heavy atom. The highest BCUT2D eigenvalue weighted by atomic mass is 16.3. The fourth-order valence-electron chi connectivity index (χ4n) is 2.37. The highest BCUT2D eigenvalue weighted by Crippen LogP contribution is 2.26. The summed E-state index contributed by atoms with van der Waals surface area (Å²) in [4.78, 5) is 6.34. The normalized spacial score (nSPS) is 25.4. The van der Waals surface area contributed by atoms with Crippen LogP contribution in [0.2, 0.25) is 0 Å². The van der Waals surface area contributed by atoms with Crippen LogP contribution in [0, 0.1) is 0 Å². The van der Waals surface area contributed by atoms with Crippen molar-refractivity contribution >= 4 is 5.82 Å². The van der Waals surface area contributed by atoms with Gasteiger partial charge in [-0.15, -0.1) is 0 Å². The zero-order valence-corrected chi connectivity index (χ0v) is 10.9. The van der Waals surface area contributed by atoms with Crippen molar-refractivity contribution in [2.45, 2.75) is 32.1 Å². The van der Waals surface area contributed by atoms with Crippen molar-refractivity contribution in [3.05, 3.63) is 23.9 Å². The van der Waals surface area contributed by atoms with Crippen molar-refractivity contribution in [1.29, 1.82) is 0 Å². The molecule has 5 nitrogen and oxygen atoms in total. The molecule has 1 aromatic rings. The fraction of sp³-hybridized carbons (Fsp3) is 0.615. The molecule has 0 amide bonds. The monoisotopic (exact) mass is 251 g/mol. The van der Waals surface area contributed by atoms with Crippen molar-refractivity contribution in [3.8, 4) is 0 Å². The summed E-state index contributed by atoms with van der Waals surface area (Å²) in [7, 11) is 0. The Balaban J connectivity index is 2.22. The molecule has 5 heteroatoms. The topological polar surface area (TPSA) is 68.6 Å². The lowest BCUT2D eigenvalue weighted by molar-refractivity contribution is 0.0572. The Hall–Kier alpha value is -1.17. The molecule has 0 radical (unpaired) electrons. The summed E-state index contributed by atoms with van der Waals surface area (Å²) >= 11 is 0. The molecule has 0 aliphatic carbocycles. The van der Waals surface area contributed by atoms with Gasteiger partial charge in [0, 0.05) is 30.9 Å². The minimum atomic E-state index is -0.686. The molecule has 3 unspecified atom stereocenters. The van der Waals surface area contributed by atoms with Crippen LogP contribution in [0.4, 0.5) is 5.82 Å². The first-order valence-electron chi connectivity index (χ1n) is 6.42. The lowest BCUT2D eigenvalue weighted by Gasteiger charge is -2.23. The van der Waals surface area contributed by atoms with Gasteiger partial charge < -0.3 is 20.4 Å². The molecule has 1 aliphatic heterocycles. The lowest BCUT2D eigenvalue weighted by Crippen LogP contribution is -2.26. The van der Waals surface area contributed by atoms with Gasteiger partial charge in [0.05, 0.1) is 12.2 Å². The van der Waals surface area contributed by atoms with Gasteiger partial charge in [-0.3, -0.25) is 0 Å². The average Bonchev–Trinajstić information content (AvgIpc) is 2.70. The maximum absolute atomic E-state index is 9.63. The van der Waals surface area contributed by atoms with E-state index in [-0.39, 0.29) is 6.04 Å². The van der Waals surface area contributed by atoms with E-state index < -0.39 is 12.2 Å². The van der Waals surface area contributed by atoms with Crippen LogP contribution in [0.1, 0.15) is 25.5 Å². The smallest absolute Gasteiger partial charge is 0.133 e. The number of pyridine rings is 1. The summed E-state index contributed by atoms with van der Waals surface area (Å²) in [5.74, 6) is 0.849. The molecule has 3 N–H and O–H groups in total. The third kappa shape index (κ3) is 2.63. The van der Waals surface area contributed by atoms with Gasteiger partial charge in [0.2, 0.25) is 0 Å². The summed E-state index contributed by atoms with van der Waals surface area (Å²) in [5, 5.41) is 22.6. The third-order valence-electron chi connectivity index (χ3n) is 3.35. The number of hydrogen-bond donors (Lipinski definition) is 3. The van der Waals surface area contributed by atoms with E-state index in [9.17, 15) is 10.2 Å². The molecule has 18 heavy (non-hydrogen) atoms. The molecule has 2 heterocycles. The summed E-state index contributed by atoms with van der Waals surface area (Å²) in [6.07, 6.45) is 0.373. The van der Waals surface area contributed by atoms with E-state index in [4.69, 9.17) is 0 Å². The number of aliphatic hydroxyl groups excluding tert-OH is 2. The van der Waals surface area contributed by atoms with Crippen LogP contribution in [-0.4, -0.2) is 47.0 Å². The number of nitrogens with zero attached hydrogens (tertiary/aromatic N) is 2. The third-order valence-corrected chi connectivity index (χ3v) is 3.35. The maximum Gasteiger partial charge on any atom is 0.133 e. The van der Waals surface area contributed by atoms with Gasteiger partial charge in [-0.2, -0.15) is 0 Å². The van der Waals surface area contributed by atoms with Gasteiger partial charge in [0.15, 0.2) is 0 Å². The van der Waals surface area contributed by atoms with Gasteiger partial charge in [-0.25, -0.2) is 4.98 Å². The highest BCUT2D eigenvalue weighted by Gasteiger charge is 2.31. The zero-order chi connectivity index (χ0) is 13.1. The van der Waals surface area contributed by atoms with Gasteiger partial charge in [0.25, 0.3) is 0 Å². The number of rotatable bonds is 4. The first-order chi connectivity index (χ1) is 8.63. The molecule has 2 rings (SSSR count). The van der Waals surface area contributed by atoms with E-state index in [2.05, 4.69) is 24.1 Å². The Morgan fingerprint density at radius 3 is 2.72 bits per heavy atom. The Bertz CT molecular complexity index is 390. The lowest BCUT2D eigenvalue weighted by atomic mass is 10.1. The molecule has 1 saturated heterocycles. The predicted molar refractivity (Wildman–Crippen MR) is 70.6 cm³/mol. The van der Waals surface area contributed by atoms with E-state index in [0.29, 0.717) is 13.1 Å². The molecule has 100 valence electrons. The zero-order valence-electron chi connectivity index (χ0n) is 10.9. The first kappa shape index (κ1) is 13.3. The summed E-state index contributed by atoms with van der Waals surface area (Å²) in [5.41, 5.74) is 1.10. The quantitative estimate of drug-likeness (QED) is 0.718. The second-order valence-electron chi connectivity index (χ2n) is 4.74. The highest BCUT2D eigenvalue weighted by molar-refractivity contribution is 5.49. The van der Waals surface area contributed by atoms with E-state index in [1.807, 2.05) is 17.0 Å². The van der Waals surface area contributed by atoms with Gasteiger partial charge in [-0.1, -0.05) is 13.0 Å². The largest absolute Gasteiger partial charge is 0.389 e. The van der Waals surface area contributed by atoms with Gasteiger partial charge in [-0.05, 0) is 19.5 Å². The Labute approximate surface area is 107 Å². The molecule has 0 aromatic carbocycles. The van der Waals surface area contributed by atoms with E-state index >= 15 is 0 Å². The predicted octanol–water partition coefficient (Wildman–Crippen LogP) is 0.294. The van der Waals surface area contributed by atoms with Crippen molar-refractivity contribution < 1.29 is 10.2 Å². The molecule has 0 spiro atoms. The number of nitrogens with one attached hydrogen (secondary N) is 1. The summed E-state index contributed by atoms with van der Waals surface area (Å²) in [6.45, 7) is 5.91. The second kappa shape index (κ2) is 5.65. The van der Waals surface area contributed by atoms with Gasteiger partial charge >= 0.3 is 0 Å². The fourth-order valence-corrected chi connectivity index (χ4v) is 2.37. The minimum Gasteiger partial charge on any atom is -0.389 e. The average molecular weight is 251 g/mol. The maximum atomic E-state index is 9.63. The number of anilines is 1. The molecular formula is C13H21N3O2. The summed E-state index contributed by atoms with van der Waals surface area (Å²) in [6, 6.07) is 4.15. The van der Waals surface area contributed by atoms with E-state index in [1.54, 1.807) is 6.20 Å². The van der Waals surface area contributed by atoms with Crippen molar-refractivity contribution in [2.75, 3.05) is 24.5 Å². The number of aromatic nitrogens is 1. The van der Waals surface area contributed by atoms with Crippen LogP contribution in [0.3, 0.4) is 0 Å². The molecule has 1 aromatic heterocycles. The second-order valence-corrected chi connectivity index (χ2v) is 4.74. The molecule has 1 fully saturated rings. The number of β-amino-alcohol motifs (C(OH)–C–C–N with tert-alkyl or cyclic N) is 2. The van der Waals surface area contributed by atoms with Crippen LogP contribution < -0.4 is 10.2 Å². The molecule has 1 aliphatic rings. The van der Waals surface area contributed by atoms with Crippen LogP contribution in [0.15, 0.2) is 18.3 Å². The van der Waals surface area contributed by atoms with E-state index in [1.165, 1.54) is 0 Å². The Morgan fingerprint density at radius 1 is 1.44 bits per heavy atom. The van der Waals surface area contributed by atoms with Crippen molar-refractivity contribution in [1.82, 2.24) is 10.3 Å². The molecule has 0 bridgehead atoms. The Kier molecular flexibility index (Phi) is 4.16. The molecular weight excluding hydrogens is 230 g/mol. The van der Waals surface area contributed by atoms with Crippen LogP contribution in [0.5, 0.6) is 0 Å².